The largest absolute Gasteiger partial charge is 0.332 e. The van der Waals surface area contributed by atoms with E-state index in [4.69, 9.17) is 0 Å². The van der Waals surface area contributed by atoms with Crippen LogP contribution in [0.1, 0.15) is 48.2 Å². The summed E-state index contributed by atoms with van der Waals surface area (Å²) >= 11 is 0. The highest BCUT2D eigenvalue weighted by Gasteiger charge is 2.37. The Balaban J connectivity index is 1.70. The fourth-order valence-corrected chi connectivity index (χ4v) is 4.35. The van der Waals surface area contributed by atoms with E-state index in [9.17, 15) is 4.79 Å². The zero-order chi connectivity index (χ0) is 17.4. The summed E-state index contributed by atoms with van der Waals surface area (Å²) in [5, 5.41) is 0. The lowest BCUT2D eigenvalue weighted by atomic mass is 9.87. The first-order chi connectivity index (χ1) is 12.1. The Bertz CT molecular complexity index is 819. The van der Waals surface area contributed by atoms with Gasteiger partial charge in [0.1, 0.15) is 0 Å². The fraction of sp³-hybridized carbons (Fsp3) is 0.348. The van der Waals surface area contributed by atoms with Crippen molar-refractivity contribution in [3.8, 4) is 0 Å². The molecule has 1 atom stereocenters. The van der Waals surface area contributed by atoms with Crippen molar-refractivity contribution >= 4 is 11.5 Å². The van der Waals surface area contributed by atoms with E-state index in [1.807, 2.05) is 30.3 Å². The highest BCUT2D eigenvalue weighted by molar-refractivity contribution is 5.95. The van der Waals surface area contributed by atoms with Crippen molar-refractivity contribution in [2.75, 3.05) is 6.54 Å². The summed E-state index contributed by atoms with van der Waals surface area (Å²) in [6.45, 7) is 5.32. The van der Waals surface area contributed by atoms with Gasteiger partial charge < -0.3 is 4.90 Å². The molecule has 2 heteroatoms. The Kier molecular flexibility index (Phi) is 4.20. The van der Waals surface area contributed by atoms with E-state index in [2.05, 4.69) is 43.0 Å². The Morgan fingerprint density at radius 2 is 1.80 bits per heavy atom. The minimum absolute atomic E-state index is 0.175. The molecule has 0 spiro atoms. The third kappa shape index (κ3) is 2.90. The van der Waals surface area contributed by atoms with Crippen LogP contribution < -0.4 is 0 Å². The minimum Gasteiger partial charge on any atom is -0.332 e. The van der Waals surface area contributed by atoms with Crippen LogP contribution in [-0.4, -0.2) is 23.4 Å². The van der Waals surface area contributed by atoms with E-state index in [0.717, 1.165) is 31.4 Å². The molecule has 0 fully saturated rings. The van der Waals surface area contributed by atoms with Crippen LogP contribution in [0.2, 0.25) is 0 Å². The van der Waals surface area contributed by atoms with E-state index in [1.54, 1.807) is 0 Å². The molecule has 0 aromatic heterocycles. The standard InChI is InChI=1S/C23H25NO/c1-16(2)14-22-21-15-18-10-6-7-11-19(18)20(21)12-13-24(22)23(25)17-8-4-3-5-9-17/h3-11,16,22H,12-15H2,1-2H3. The van der Waals surface area contributed by atoms with Gasteiger partial charge in [0.15, 0.2) is 0 Å². The van der Waals surface area contributed by atoms with Gasteiger partial charge in [-0.1, -0.05) is 56.3 Å². The predicted molar refractivity (Wildman–Crippen MR) is 102 cm³/mol. The second kappa shape index (κ2) is 6.51. The molecule has 0 radical (unpaired) electrons. The normalized spacial score (nSPS) is 19.2. The summed E-state index contributed by atoms with van der Waals surface area (Å²) in [6, 6.07) is 18.7. The lowest BCUT2D eigenvalue weighted by Crippen LogP contribution is -2.45. The van der Waals surface area contributed by atoms with Gasteiger partial charge in [-0.15, -0.1) is 0 Å². The number of carbonyl (C=O) groups excluding carboxylic acids is 1. The first kappa shape index (κ1) is 16.1. The smallest absolute Gasteiger partial charge is 0.254 e. The molecule has 0 bridgehead atoms. The predicted octanol–water partition coefficient (Wildman–Crippen LogP) is 4.96. The van der Waals surface area contributed by atoms with E-state index >= 15 is 0 Å². The zero-order valence-corrected chi connectivity index (χ0v) is 15.0. The SMILES string of the molecule is CC(C)CC1C2=C(CCN1C(=O)c1ccccc1)c1ccccc1C2. The number of benzene rings is 2. The van der Waals surface area contributed by atoms with Crippen LogP contribution >= 0.6 is 0 Å². The Morgan fingerprint density at radius 1 is 1.08 bits per heavy atom. The van der Waals surface area contributed by atoms with Crippen molar-refractivity contribution in [2.24, 2.45) is 5.92 Å². The second-order valence-corrected chi connectivity index (χ2v) is 7.60. The van der Waals surface area contributed by atoms with Gasteiger partial charge in [0.05, 0.1) is 6.04 Å². The maximum Gasteiger partial charge on any atom is 0.254 e. The highest BCUT2D eigenvalue weighted by Crippen LogP contribution is 2.42. The summed E-state index contributed by atoms with van der Waals surface area (Å²) in [5.74, 6) is 0.736. The van der Waals surface area contributed by atoms with E-state index < -0.39 is 0 Å². The molecule has 2 aliphatic rings. The highest BCUT2D eigenvalue weighted by atomic mass is 16.2. The van der Waals surface area contributed by atoms with Crippen molar-refractivity contribution < 1.29 is 4.79 Å². The molecule has 4 rings (SSSR count). The van der Waals surface area contributed by atoms with Gasteiger partial charge in [-0.25, -0.2) is 0 Å². The number of amides is 1. The summed E-state index contributed by atoms with van der Waals surface area (Å²) in [5.41, 5.74) is 6.62. The Morgan fingerprint density at radius 3 is 2.56 bits per heavy atom. The van der Waals surface area contributed by atoms with E-state index in [1.165, 1.54) is 22.3 Å². The van der Waals surface area contributed by atoms with Gasteiger partial charge in [0.25, 0.3) is 5.91 Å². The molecule has 2 aromatic carbocycles. The van der Waals surface area contributed by atoms with Gasteiger partial charge in [0.2, 0.25) is 0 Å². The number of rotatable bonds is 3. The summed E-state index contributed by atoms with van der Waals surface area (Å²) in [6.07, 6.45) is 3.01. The molecule has 1 amide bonds. The van der Waals surface area contributed by atoms with Crippen LogP contribution in [0, 0.1) is 5.92 Å². The van der Waals surface area contributed by atoms with Gasteiger partial charge in [0, 0.05) is 12.1 Å². The molecule has 25 heavy (non-hydrogen) atoms. The number of hydrogen-bond acceptors (Lipinski definition) is 1. The van der Waals surface area contributed by atoms with Crippen LogP contribution in [0.15, 0.2) is 60.2 Å². The number of nitrogens with zero attached hydrogens (tertiary/aromatic N) is 1. The molecule has 1 heterocycles. The molecule has 0 saturated heterocycles. The molecule has 1 aliphatic heterocycles. The molecule has 0 N–H and O–H groups in total. The molecule has 128 valence electrons. The van der Waals surface area contributed by atoms with Gasteiger partial charge in [-0.2, -0.15) is 0 Å². The zero-order valence-electron chi connectivity index (χ0n) is 15.0. The average molecular weight is 331 g/mol. The topological polar surface area (TPSA) is 20.3 Å². The Labute approximate surface area is 150 Å². The molecule has 2 nitrogen and oxygen atoms in total. The molecule has 0 saturated carbocycles. The van der Waals surface area contributed by atoms with Crippen molar-refractivity contribution in [3.05, 3.63) is 76.9 Å². The van der Waals surface area contributed by atoms with E-state index in [0.29, 0.717) is 5.92 Å². The summed E-state index contributed by atoms with van der Waals surface area (Å²) < 4.78 is 0. The van der Waals surface area contributed by atoms with Crippen LogP contribution in [0.5, 0.6) is 0 Å². The molecule has 2 aromatic rings. The first-order valence-corrected chi connectivity index (χ1v) is 9.31. The Hall–Kier alpha value is -2.35. The second-order valence-electron chi connectivity index (χ2n) is 7.60. The minimum atomic E-state index is 0.175. The van der Waals surface area contributed by atoms with Gasteiger partial charge in [-0.3, -0.25) is 4.79 Å². The van der Waals surface area contributed by atoms with Crippen LogP contribution in [0.25, 0.3) is 5.57 Å². The maximum atomic E-state index is 13.2. The number of carbonyl (C=O) groups is 1. The summed E-state index contributed by atoms with van der Waals surface area (Å²) in [7, 11) is 0. The van der Waals surface area contributed by atoms with Crippen molar-refractivity contribution in [2.45, 2.75) is 39.2 Å². The molecular formula is C23H25NO. The lowest BCUT2D eigenvalue weighted by molar-refractivity contribution is 0.0681. The third-order valence-electron chi connectivity index (χ3n) is 5.47. The maximum absolute atomic E-state index is 13.2. The number of fused-ring (bicyclic) bond motifs is 2. The van der Waals surface area contributed by atoms with Crippen LogP contribution in [0.4, 0.5) is 0 Å². The quantitative estimate of drug-likeness (QED) is 0.778. The first-order valence-electron chi connectivity index (χ1n) is 9.31. The third-order valence-corrected chi connectivity index (χ3v) is 5.47. The van der Waals surface area contributed by atoms with E-state index in [-0.39, 0.29) is 11.9 Å². The molecule has 1 unspecified atom stereocenters. The molecule has 1 aliphatic carbocycles. The van der Waals surface area contributed by atoms with Gasteiger partial charge in [-0.05, 0) is 59.6 Å². The van der Waals surface area contributed by atoms with Crippen molar-refractivity contribution in [3.63, 3.8) is 0 Å². The van der Waals surface area contributed by atoms with Crippen LogP contribution in [-0.2, 0) is 6.42 Å². The van der Waals surface area contributed by atoms with Crippen LogP contribution in [0.3, 0.4) is 0 Å². The average Bonchev–Trinajstić information content (AvgIpc) is 3.01. The van der Waals surface area contributed by atoms with Crippen molar-refractivity contribution in [1.82, 2.24) is 4.90 Å². The van der Waals surface area contributed by atoms with Gasteiger partial charge >= 0.3 is 0 Å². The molecular weight excluding hydrogens is 306 g/mol. The summed E-state index contributed by atoms with van der Waals surface area (Å²) in [4.78, 5) is 15.3. The fourth-order valence-electron chi connectivity index (χ4n) is 4.35. The lowest BCUT2D eigenvalue weighted by Gasteiger charge is -2.38. The number of hydrogen-bond donors (Lipinski definition) is 0. The monoisotopic (exact) mass is 331 g/mol. The van der Waals surface area contributed by atoms with Crippen molar-refractivity contribution in [1.29, 1.82) is 0 Å².